The molecule has 22 heavy (non-hydrogen) atoms. The highest BCUT2D eigenvalue weighted by Crippen LogP contribution is 2.15. The Hall–Kier alpha value is -2.28. The molecular weight excluding hydrogens is 298 g/mol. The number of hydrogen-bond acceptors (Lipinski definition) is 4. The first-order valence-electron chi connectivity index (χ1n) is 7.08. The van der Waals surface area contributed by atoms with Gasteiger partial charge in [0.1, 0.15) is 5.82 Å². The lowest BCUT2D eigenvalue weighted by Crippen LogP contribution is -2.13. The van der Waals surface area contributed by atoms with E-state index >= 15 is 0 Å². The van der Waals surface area contributed by atoms with Gasteiger partial charge in [-0.3, -0.25) is 9.48 Å². The first kappa shape index (κ1) is 14.6. The number of nitrogens with zero attached hydrogens (tertiary/aromatic N) is 3. The molecule has 0 aliphatic rings. The van der Waals surface area contributed by atoms with E-state index in [-0.39, 0.29) is 5.91 Å². The van der Waals surface area contributed by atoms with E-state index in [0.717, 1.165) is 29.1 Å². The molecule has 2 N–H and O–H groups in total. The second kappa shape index (κ2) is 6.65. The van der Waals surface area contributed by atoms with Gasteiger partial charge in [-0.15, -0.1) is 11.8 Å². The van der Waals surface area contributed by atoms with Crippen LogP contribution in [0.3, 0.4) is 0 Å². The van der Waals surface area contributed by atoms with Gasteiger partial charge in [-0.25, -0.2) is 4.98 Å². The summed E-state index contributed by atoms with van der Waals surface area (Å²) in [6.07, 6.45) is 3.48. The van der Waals surface area contributed by atoms with E-state index in [9.17, 15) is 4.79 Å². The van der Waals surface area contributed by atoms with Gasteiger partial charge in [0.05, 0.1) is 34.4 Å². The molecule has 0 atom stereocenters. The summed E-state index contributed by atoms with van der Waals surface area (Å²) in [6, 6.07) is 7.90. The summed E-state index contributed by atoms with van der Waals surface area (Å²) in [5.41, 5.74) is 2.71. The number of imidazole rings is 1. The van der Waals surface area contributed by atoms with E-state index < -0.39 is 0 Å². The van der Waals surface area contributed by atoms with E-state index in [0.29, 0.717) is 11.5 Å². The molecule has 0 bridgehead atoms. The fraction of sp³-hybridized carbons (Fsp3) is 0.267. The van der Waals surface area contributed by atoms with Gasteiger partial charge < -0.3 is 10.3 Å². The van der Waals surface area contributed by atoms with Gasteiger partial charge in [0.15, 0.2) is 0 Å². The standard InChI is InChI=1S/C15H17N5OS/c1-2-20-8-11(7-16-20)17-15(21)10-22-9-14-18-12-5-3-4-6-13(12)19-14/h3-8H,2,9-10H2,1H3,(H,17,21)(H,18,19). The summed E-state index contributed by atoms with van der Waals surface area (Å²) in [4.78, 5) is 19.6. The highest BCUT2D eigenvalue weighted by atomic mass is 32.2. The Morgan fingerprint density at radius 1 is 1.41 bits per heavy atom. The normalized spacial score (nSPS) is 11.0. The molecule has 3 aromatic rings. The van der Waals surface area contributed by atoms with Crippen LogP contribution in [-0.4, -0.2) is 31.4 Å². The first-order valence-corrected chi connectivity index (χ1v) is 8.23. The summed E-state index contributed by atoms with van der Waals surface area (Å²) >= 11 is 1.53. The summed E-state index contributed by atoms with van der Waals surface area (Å²) in [5, 5.41) is 6.96. The van der Waals surface area contributed by atoms with E-state index in [1.807, 2.05) is 37.4 Å². The average Bonchev–Trinajstić information content (AvgIpc) is 3.13. The zero-order valence-electron chi connectivity index (χ0n) is 12.2. The topological polar surface area (TPSA) is 75.6 Å². The Morgan fingerprint density at radius 2 is 2.27 bits per heavy atom. The molecule has 2 heterocycles. The molecule has 0 saturated heterocycles. The van der Waals surface area contributed by atoms with Crippen LogP contribution in [0.5, 0.6) is 0 Å². The second-order valence-electron chi connectivity index (χ2n) is 4.83. The third-order valence-corrected chi connectivity index (χ3v) is 4.10. The van der Waals surface area contributed by atoms with Crippen LogP contribution in [0.2, 0.25) is 0 Å². The van der Waals surface area contributed by atoms with Crippen molar-refractivity contribution in [3.8, 4) is 0 Å². The Bertz CT molecular complexity index is 746. The number of aromatic nitrogens is 4. The quantitative estimate of drug-likeness (QED) is 0.733. The first-order chi connectivity index (χ1) is 10.7. The molecule has 114 valence electrons. The van der Waals surface area contributed by atoms with Crippen LogP contribution in [-0.2, 0) is 17.1 Å². The lowest BCUT2D eigenvalue weighted by Gasteiger charge is -2.01. The van der Waals surface area contributed by atoms with Crippen LogP contribution < -0.4 is 5.32 Å². The third-order valence-electron chi connectivity index (χ3n) is 3.15. The van der Waals surface area contributed by atoms with Gasteiger partial charge in [0, 0.05) is 12.7 Å². The maximum atomic E-state index is 11.9. The molecule has 0 aliphatic carbocycles. The molecule has 1 aromatic carbocycles. The number of anilines is 1. The molecule has 0 aliphatic heterocycles. The maximum absolute atomic E-state index is 11.9. The highest BCUT2D eigenvalue weighted by molar-refractivity contribution is 7.99. The number of nitrogens with one attached hydrogen (secondary N) is 2. The van der Waals surface area contributed by atoms with Gasteiger partial charge in [0.25, 0.3) is 0 Å². The van der Waals surface area contributed by atoms with Crippen molar-refractivity contribution in [1.82, 2.24) is 19.7 Å². The number of para-hydroxylation sites is 2. The third kappa shape index (κ3) is 3.48. The number of thioether (sulfide) groups is 1. The lowest BCUT2D eigenvalue weighted by molar-refractivity contribution is -0.113. The molecule has 0 saturated carbocycles. The van der Waals surface area contributed by atoms with E-state index in [2.05, 4.69) is 20.4 Å². The summed E-state index contributed by atoms with van der Waals surface area (Å²) in [6.45, 7) is 2.79. The van der Waals surface area contributed by atoms with E-state index in [4.69, 9.17) is 0 Å². The molecule has 7 heteroatoms. The van der Waals surface area contributed by atoms with Crippen LogP contribution in [0.15, 0.2) is 36.7 Å². The number of H-pyrrole nitrogens is 1. The Labute approximate surface area is 132 Å². The van der Waals surface area contributed by atoms with Crippen molar-refractivity contribution in [3.63, 3.8) is 0 Å². The van der Waals surface area contributed by atoms with Crippen molar-refractivity contribution < 1.29 is 4.79 Å². The molecule has 3 rings (SSSR count). The molecule has 0 spiro atoms. The second-order valence-corrected chi connectivity index (χ2v) is 5.81. The summed E-state index contributed by atoms with van der Waals surface area (Å²) in [7, 11) is 0. The Kier molecular flexibility index (Phi) is 4.43. The van der Waals surface area contributed by atoms with E-state index in [1.54, 1.807) is 10.9 Å². The van der Waals surface area contributed by atoms with Crippen LogP contribution in [0.1, 0.15) is 12.7 Å². The van der Waals surface area contributed by atoms with Gasteiger partial charge in [0.2, 0.25) is 5.91 Å². The van der Waals surface area contributed by atoms with E-state index in [1.165, 1.54) is 11.8 Å². The minimum Gasteiger partial charge on any atom is -0.341 e. The molecule has 0 fully saturated rings. The molecular formula is C15H17N5OS. The SMILES string of the molecule is CCn1cc(NC(=O)CSCc2nc3ccccc3[nH]2)cn1. The highest BCUT2D eigenvalue weighted by Gasteiger charge is 2.06. The number of fused-ring (bicyclic) bond motifs is 1. The van der Waals surface area contributed by atoms with Gasteiger partial charge in [-0.05, 0) is 19.1 Å². The van der Waals surface area contributed by atoms with Crippen LogP contribution >= 0.6 is 11.8 Å². The number of carbonyl (C=O) groups is 1. The number of carbonyl (C=O) groups excluding carboxylic acids is 1. The molecule has 1 amide bonds. The molecule has 6 nitrogen and oxygen atoms in total. The van der Waals surface area contributed by atoms with Crippen molar-refractivity contribution in [3.05, 3.63) is 42.5 Å². The minimum atomic E-state index is -0.0308. The predicted molar refractivity (Wildman–Crippen MR) is 88.8 cm³/mol. The number of benzene rings is 1. The minimum absolute atomic E-state index is 0.0308. The number of hydrogen-bond donors (Lipinski definition) is 2. The molecule has 0 unspecified atom stereocenters. The van der Waals surface area contributed by atoms with Crippen molar-refractivity contribution >= 4 is 34.4 Å². The Balaban J connectivity index is 1.48. The van der Waals surface area contributed by atoms with Crippen molar-refractivity contribution in [2.45, 2.75) is 19.2 Å². The molecule has 0 radical (unpaired) electrons. The van der Waals surface area contributed by atoms with Crippen LogP contribution in [0.25, 0.3) is 11.0 Å². The number of aryl methyl sites for hydroxylation is 1. The van der Waals surface area contributed by atoms with Crippen molar-refractivity contribution in [2.75, 3.05) is 11.1 Å². The summed E-state index contributed by atoms with van der Waals surface area (Å²) in [5.74, 6) is 1.92. The molecule has 2 aromatic heterocycles. The van der Waals surface area contributed by atoms with Gasteiger partial charge in [-0.2, -0.15) is 5.10 Å². The number of aromatic amines is 1. The predicted octanol–water partition coefficient (Wildman–Crippen LogP) is 2.65. The smallest absolute Gasteiger partial charge is 0.234 e. The maximum Gasteiger partial charge on any atom is 0.234 e. The average molecular weight is 315 g/mol. The van der Waals surface area contributed by atoms with Crippen molar-refractivity contribution in [2.24, 2.45) is 0 Å². The zero-order chi connectivity index (χ0) is 15.4. The number of amides is 1. The lowest BCUT2D eigenvalue weighted by atomic mass is 10.3. The van der Waals surface area contributed by atoms with Gasteiger partial charge >= 0.3 is 0 Å². The Morgan fingerprint density at radius 3 is 3.05 bits per heavy atom. The largest absolute Gasteiger partial charge is 0.341 e. The monoisotopic (exact) mass is 315 g/mol. The number of rotatable bonds is 6. The van der Waals surface area contributed by atoms with Crippen LogP contribution in [0.4, 0.5) is 5.69 Å². The zero-order valence-corrected chi connectivity index (χ0v) is 13.1. The van der Waals surface area contributed by atoms with Crippen molar-refractivity contribution in [1.29, 1.82) is 0 Å². The fourth-order valence-corrected chi connectivity index (χ4v) is 2.80. The fourth-order valence-electron chi connectivity index (χ4n) is 2.11. The van der Waals surface area contributed by atoms with Crippen LogP contribution in [0, 0.1) is 0 Å². The van der Waals surface area contributed by atoms with Gasteiger partial charge in [-0.1, -0.05) is 12.1 Å². The summed E-state index contributed by atoms with van der Waals surface area (Å²) < 4.78 is 1.77.